The standard InChI is InChI=1S/C19H23N3O7/c1-10-14(28-2)6-5-12-11(9-16(24)29-17(10)12)8-15(23)22-13(18(25)26)4-3-7-21-19(20)27/h5-6,9,13H,3-4,7-8H2,1-2H3,(H,22,23)(H,25,26)(H3,20,21,27)/p-1/t13-/m0/s1. The summed E-state index contributed by atoms with van der Waals surface area (Å²) in [4.78, 5) is 46.2. The van der Waals surface area contributed by atoms with Crippen molar-refractivity contribution in [2.24, 2.45) is 5.73 Å². The Bertz CT molecular complexity index is 984. The summed E-state index contributed by atoms with van der Waals surface area (Å²) in [7, 11) is 1.49. The van der Waals surface area contributed by atoms with Crippen molar-refractivity contribution in [1.82, 2.24) is 10.6 Å². The largest absolute Gasteiger partial charge is 0.548 e. The normalized spacial score (nSPS) is 11.7. The lowest BCUT2D eigenvalue weighted by atomic mass is 10.0. The lowest BCUT2D eigenvalue weighted by molar-refractivity contribution is -0.308. The number of methoxy groups -OCH3 is 1. The molecule has 10 nitrogen and oxygen atoms in total. The van der Waals surface area contributed by atoms with Gasteiger partial charge in [0.1, 0.15) is 11.3 Å². The predicted molar refractivity (Wildman–Crippen MR) is 101 cm³/mol. The SMILES string of the molecule is COc1ccc2c(CC(=O)N[C@@H](CCCNC(N)=O)C(=O)[O-])cc(=O)oc2c1C. The van der Waals surface area contributed by atoms with Crippen molar-refractivity contribution >= 4 is 28.9 Å². The van der Waals surface area contributed by atoms with E-state index >= 15 is 0 Å². The quantitative estimate of drug-likeness (QED) is 0.369. The number of benzene rings is 1. The number of rotatable bonds is 9. The summed E-state index contributed by atoms with van der Waals surface area (Å²) in [6.45, 7) is 1.89. The van der Waals surface area contributed by atoms with Crippen molar-refractivity contribution in [3.8, 4) is 5.75 Å². The van der Waals surface area contributed by atoms with Gasteiger partial charge in [-0.25, -0.2) is 9.59 Å². The molecule has 29 heavy (non-hydrogen) atoms. The van der Waals surface area contributed by atoms with Gasteiger partial charge in [-0.05, 0) is 37.5 Å². The molecule has 1 atom stereocenters. The fourth-order valence-corrected chi connectivity index (χ4v) is 2.96. The van der Waals surface area contributed by atoms with Crippen LogP contribution >= 0.6 is 0 Å². The van der Waals surface area contributed by atoms with Crippen LogP contribution in [0, 0.1) is 6.92 Å². The average Bonchev–Trinajstić information content (AvgIpc) is 2.64. The second-order valence-electron chi connectivity index (χ2n) is 6.41. The summed E-state index contributed by atoms with van der Waals surface area (Å²) >= 11 is 0. The molecule has 0 spiro atoms. The molecule has 0 aliphatic rings. The van der Waals surface area contributed by atoms with Crippen molar-refractivity contribution < 1.29 is 28.6 Å². The van der Waals surface area contributed by atoms with Crippen LogP contribution in [0.1, 0.15) is 24.0 Å². The van der Waals surface area contributed by atoms with E-state index in [9.17, 15) is 24.3 Å². The number of nitrogens with two attached hydrogens (primary N) is 1. The molecule has 2 rings (SSSR count). The third-order valence-corrected chi connectivity index (χ3v) is 4.36. The minimum atomic E-state index is -1.45. The van der Waals surface area contributed by atoms with Gasteiger partial charge in [-0.2, -0.15) is 0 Å². The number of primary amides is 1. The molecule has 1 heterocycles. The Morgan fingerprint density at radius 1 is 1.31 bits per heavy atom. The van der Waals surface area contributed by atoms with Crippen LogP contribution in [0.4, 0.5) is 4.79 Å². The highest BCUT2D eigenvalue weighted by atomic mass is 16.5. The molecular formula is C19H22N3O7-. The summed E-state index contributed by atoms with van der Waals surface area (Å²) in [6.07, 6.45) is 0.0955. The number of amides is 3. The average molecular weight is 404 g/mol. The zero-order chi connectivity index (χ0) is 21.6. The second kappa shape index (κ2) is 9.58. The molecule has 3 amide bonds. The minimum Gasteiger partial charge on any atom is -0.548 e. The monoisotopic (exact) mass is 404 g/mol. The molecule has 0 aliphatic carbocycles. The highest BCUT2D eigenvalue weighted by Crippen LogP contribution is 2.28. The van der Waals surface area contributed by atoms with Gasteiger partial charge in [-0.15, -0.1) is 0 Å². The molecule has 4 N–H and O–H groups in total. The molecule has 2 aromatic rings. The number of carboxylic acids is 1. The smallest absolute Gasteiger partial charge is 0.336 e. The molecule has 0 bridgehead atoms. The van der Waals surface area contributed by atoms with Gasteiger partial charge < -0.3 is 35.4 Å². The lowest BCUT2D eigenvalue weighted by Gasteiger charge is -2.20. The molecule has 1 aromatic carbocycles. The number of carboxylic acid groups (broad SMARTS) is 1. The van der Waals surface area contributed by atoms with Gasteiger partial charge in [0.15, 0.2) is 0 Å². The Labute approximate surface area is 166 Å². The highest BCUT2D eigenvalue weighted by molar-refractivity contribution is 5.90. The number of aliphatic carboxylic acids is 1. The number of aryl methyl sites for hydroxylation is 1. The first-order chi connectivity index (χ1) is 13.7. The van der Waals surface area contributed by atoms with Gasteiger partial charge in [0, 0.05) is 23.6 Å². The maximum atomic E-state index is 12.4. The third-order valence-electron chi connectivity index (χ3n) is 4.36. The summed E-state index contributed by atoms with van der Waals surface area (Å²) in [5.41, 5.74) is 5.60. The molecular weight excluding hydrogens is 382 g/mol. The van der Waals surface area contributed by atoms with E-state index in [1.54, 1.807) is 19.1 Å². The number of ether oxygens (including phenoxy) is 1. The molecule has 0 fully saturated rings. The van der Waals surface area contributed by atoms with E-state index in [4.69, 9.17) is 14.9 Å². The maximum Gasteiger partial charge on any atom is 0.336 e. The Balaban J connectivity index is 2.15. The topological polar surface area (TPSA) is 164 Å². The van der Waals surface area contributed by atoms with E-state index in [0.717, 1.165) is 0 Å². The van der Waals surface area contributed by atoms with Crippen molar-refractivity contribution in [1.29, 1.82) is 0 Å². The van der Waals surface area contributed by atoms with Crippen molar-refractivity contribution in [2.45, 2.75) is 32.2 Å². The van der Waals surface area contributed by atoms with Crippen molar-refractivity contribution in [3.05, 3.63) is 39.7 Å². The van der Waals surface area contributed by atoms with Crippen LogP contribution in [-0.2, 0) is 16.0 Å². The summed E-state index contributed by atoms with van der Waals surface area (Å²) in [6, 6.07) is 2.58. The molecule has 0 unspecified atom stereocenters. The number of fused-ring (bicyclic) bond motifs is 1. The van der Waals surface area contributed by atoms with Gasteiger partial charge in [0.2, 0.25) is 5.91 Å². The van der Waals surface area contributed by atoms with E-state index in [1.807, 2.05) is 0 Å². The third kappa shape index (κ3) is 5.71. The van der Waals surface area contributed by atoms with Crippen LogP contribution in [0.15, 0.2) is 27.4 Å². The van der Waals surface area contributed by atoms with E-state index < -0.39 is 29.6 Å². The molecule has 10 heteroatoms. The van der Waals surface area contributed by atoms with Crippen molar-refractivity contribution in [2.75, 3.05) is 13.7 Å². The maximum absolute atomic E-state index is 12.4. The molecule has 0 saturated heterocycles. The molecule has 0 radical (unpaired) electrons. The lowest BCUT2D eigenvalue weighted by Crippen LogP contribution is -2.48. The van der Waals surface area contributed by atoms with E-state index in [0.29, 0.717) is 27.8 Å². The van der Waals surface area contributed by atoms with E-state index in [2.05, 4.69) is 10.6 Å². The van der Waals surface area contributed by atoms with Crippen molar-refractivity contribution in [3.63, 3.8) is 0 Å². The number of hydrogen-bond donors (Lipinski definition) is 3. The van der Waals surface area contributed by atoms with Gasteiger partial charge in [-0.1, -0.05) is 0 Å². The molecule has 0 aliphatic heterocycles. The first kappa shape index (κ1) is 21.7. The Morgan fingerprint density at radius 2 is 2.03 bits per heavy atom. The Morgan fingerprint density at radius 3 is 2.66 bits per heavy atom. The zero-order valence-corrected chi connectivity index (χ0v) is 16.1. The minimum absolute atomic E-state index is 0.0440. The Kier molecular flexibility index (Phi) is 7.18. The number of urea groups is 1. The van der Waals surface area contributed by atoms with E-state index in [1.165, 1.54) is 13.2 Å². The summed E-state index contributed by atoms with van der Waals surface area (Å²) < 4.78 is 10.5. The molecule has 0 saturated carbocycles. The van der Waals surface area contributed by atoms with Crippen LogP contribution in [-0.4, -0.2) is 37.6 Å². The first-order valence-corrected chi connectivity index (χ1v) is 8.86. The summed E-state index contributed by atoms with van der Waals surface area (Å²) in [5.74, 6) is -1.51. The molecule has 1 aromatic heterocycles. The highest BCUT2D eigenvalue weighted by Gasteiger charge is 2.17. The Hall–Kier alpha value is -3.56. The number of carbonyl (C=O) groups is 3. The fraction of sp³-hybridized carbons (Fsp3) is 0.368. The van der Waals surface area contributed by atoms with Crippen LogP contribution < -0.4 is 31.8 Å². The summed E-state index contributed by atoms with van der Waals surface area (Å²) in [5, 5.41) is 16.5. The van der Waals surface area contributed by atoms with Crippen LogP contribution in [0.5, 0.6) is 5.75 Å². The van der Waals surface area contributed by atoms with Crippen LogP contribution in [0.25, 0.3) is 11.0 Å². The van der Waals surface area contributed by atoms with Gasteiger partial charge in [0.05, 0.1) is 25.5 Å². The zero-order valence-electron chi connectivity index (χ0n) is 16.1. The number of carbonyl (C=O) groups excluding carboxylic acids is 3. The van der Waals surface area contributed by atoms with Gasteiger partial charge in [-0.3, -0.25) is 4.79 Å². The van der Waals surface area contributed by atoms with Crippen LogP contribution in [0.3, 0.4) is 0 Å². The first-order valence-electron chi connectivity index (χ1n) is 8.86. The van der Waals surface area contributed by atoms with Gasteiger partial charge >= 0.3 is 11.7 Å². The number of hydrogen-bond acceptors (Lipinski definition) is 7. The fourth-order valence-electron chi connectivity index (χ4n) is 2.96. The predicted octanol–water partition coefficient (Wildman–Crippen LogP) is -0.664. The van der Waals surface area contributed by atoms with Crippen LogP contribution in [0.2, 0.25) is 0 Å². The van der Waals surface area contributed by atoms with Gasteiger partial charge in [0.25, 0.3) is 0 Å². The van der Waals surface area contributed by atoms with E-state index in [-0.39, 0.29) is 25.8 Å². The second-order valence-corrected chi connectivity index (χ2v) is 6.41. The number of nitrogens with one attached hydrogen (secondary N) is 2. The molecule has 156 valence electrons.